The Morgan fingerprint density at radius 1 is 1.12 bits per heavy atom. The molecule has 24 heavy (non-hydrogen) atoms. The lowest BCUT2D eigenvalue weighted by Crippen LogP contribution is -2.22. The average Bonchev–Trinajstić information content (AvgIpc) is 2.79. The van der Waals surface area contributed by atoms with Crippen molar-refractivity contribution in [2.75, 3.05) is 0 Å². The van der Waals surface area contributed by atoms with Crippen molar-refractivity contribution in [2.45, 2.75) is 19.1 Å². The summed E-state index contributed by atoms with van der Waals surface area (Å²) < 4.78 is 77.4. The molecule has 2 aromatic rings. The first kappa shape index (κ1) is 17.6. The topological polar surface area (TPSA) is 64.3 Å². The Bertz CT molecular complexity index is 734. The van der Waals surface area contributed by atoms with Gasteiger partial charge in [0.25, 0.3) is 0 Å². The monoisotopic (exact) mass is 354 g/mol. The number of hydrogen-bond donors (Lipinski definition) is 1. The molecule has 0 fully saturated rings. The van der Waals surface area contributed by atoms with Crippen LogP contribution in [-0.4, -0.2) is 33.4 Å². The van der Waals surface area contributed by atoms with Crippen molar-refractivity contribution < 1.29 is 41.0 Å². The van der Waals surface area contributed by atoms with E-state index in [9.17, 15) is 31.1 Å². The van der Waals surface area contributed by atoms with Gasteiger partial charge < -0.3 is 9.84 Å². The largest absolute Gasteiger partial charge is 0.573 e. The first-order valence-corrected chi connectivity index (χ1v) is 6.19. The molecular weight excluding hydrogens is 346 g/mol. The first-order valence-electron chi connectivity index (χ1n) is 6.19. The van der Waals surface area contributed by atoms with Crippen LogP contribution in [0.2, 0.25) is 0 Å². The lowest BCUT2D eigenvalue weighted by Gasteiger charge is -2.09. The number of halogens is 6. The molecule has 1 heterocycles. The highest BCUT2D eigenvalue weighted by Gasteiger charge is 2.32. The molecule has 5 nitrogen and oxygen atoms in total. The summed E-state index contributed by atoms with van der Waals surface area (Å²) in [5, 5.41) is 12.5. The molecule has 0 spiro atoms. The van der Waals surface area contributed by atoms with E-state index in [0.29, 0.717) is 0 Å². The third kappa shape index (κ3) is 4.64. The number of aromatic carboxylic acids is 1. The van der Waals surface area contributed by atoms with Crippen LogP contribution < -0.4 is 4.74 Å². The van der Waals surface area contributed by atoms with Gasteiger partial charge in [-0.15, -0.1) is 13.2 Å². The van der Waals surface area contributed by atoms with Gasteiger partial charge in [0, 0.05) is 5.56 Å². The molecule has 0 saturated carbocycles. The van der Waals surface area contributed by atoms with Crippen LogP contribution in [0.15, 0.2) is 30.3 Å². The predicted octanol–water partition coefficient (Wildman–Crippen LogP) is 3.71. The Kier molecular flexibility index (Phi) is 4.45. The smallest absolute Gasteiger partial charge is 0.477 e. The highest BCUT2D eigenvalue weighted by Crippen LogP contribution is 2.27. The second kappa shape index (κ2) is 6.06. The minimum Gasteiger partial charge on any atom is -0.477 e. The Hall–Kier alpha value is -2.72. The van der Waals surface area contributed by atoms with Gasteiger partial charge in [0.1, 0.15) is 18.0 Å². The van der Waals surface area contributed by atoms with E-state index in [2.05, 4.69) is 9.84 Å². The van der Waals surface area contributed by atoms with E-state index >= 15 is 0 Å². The second-order valence-corrected chi connectivity index (χ2v) is 4.56. The number of hydrogen-bond acceptors (Lipinski definition) is 3. The lowest BCUT2D eigenvalue weighted by molar-refractivity contribution is -0.274. The predicted molar refractivity (Wildman–Crippen MR) is 67.4 cm³/mol. The molecule has 0 unspecified atom stereocenters. The van der Waals surface area contributed by atoms with Gasteiger partial charge in [-0.2, -0.15) is 18.3 Å². The van der Waals surface area contributed by atoms with Crippen LogP contribution in [0, 0.1) is 0 Å². The summed E-state index contributed by atoms with van der Waals surface area (Å²) in [6, 6.07) is 5.01. The van der Waals surface area contributed by atoms with E-state index in [-0.39, 0.29) is 15.9 Å². The Balaban J connectivity index is 2.32. The van der Waals surface area contributed by atoms with Crippen molar-refractivity contribution >= 4 is 5.97 Å². The van der Waals surface area contributed by atoms with Crippen molar-refractivity contribution in [3.8, 4) is 17.0 Å². The van der Waals surface area contributed by atoms with Gasteiger partial charge in [-0.05, 0) is 30.3 Å². The molecule has 2 rings (SSSR count). The fraction of sp³-hybridized carbons (Fsp3) is 0.231. The number of ether oxygens (including phenoxy) is 1. The van der Waals surface area contributed by atoms with Crippen LogP contribution in [0.3, 0.4) is 0 Å². The molecule has 0 aliphatic rings. The maximum Gasteiger partial charge on any atom is 0.573 e. The lowest BCUT2D eigenvalue weighted by atomic mass is 10.1. The molecule has 0 amide bonds. The van der Waals surface area contributed by atoms with Gasteiger partial charge in [-0.1, -0.05) is 0 Å². The van der Waals surface area contributed by atoms with E-state index < -0.39 is 36.5 Å². The number of carboxylic acid groups (broad SMARTS) is 1. The van der Waals surface area contributed by atoms with Gasteiger partial charge in [-0.25, -0.2) is 9.48 Å². The Morgan fingerprint density at radius 3 is 2.17 bits per heavy atom. The van der Waals surface area contributed by atoms with Crippen LogP contribution in [0.1, 0.15) is 10.5 Å². The zero-order valence-electron chi connectivity index (χ0n) is 11.5. The van der Waals surface area contributed by atoms with E-state index in [4.69, 9.17) is 5.11 Å². The first-order chi connectivity index (χ1) is 10.9. The standard InChI is InChI=1S/C13H8F6N2O3/c14-12(15,16)6-21-10(11(22)23)5-9(20-21)7-1-3-8(4-2-7)24-13(17,18)19/h1-5H,6H2,(H,22,23). The van der Waals surface area contributed by atoms with E-state index in [1.165, 1.54) is 0 Å². The van der Waals surface area contributed by atoms with Crippen LogP contribution in [0.5, 0.6) is 5.75 Å². The van der Waals surface area contributed by atoms with Crippen molar-refractivity contribution in [1.82, 2.24) is 9.78 Å². The summed E-state index contributed by atoms with van der Waals surface area (Å²) in [6.45, 7) is -1.61. The van der Waals surface area contributed by atoms with E-state index in [1.54, 1.807) is 0 Å². The molecular formula is C13H8F6N2O3. The summed E-state index contributed by atoms with van der Waals surface area (Å²) in [4.78, 5) is 11.0. The summed E-state index contributed by atoms with van der Waals surface area (Å²) in [7, 11) is 0. The molecule has 0 radical (unpaired) electrons. The summed E-state index contributed by atoms with van der Waals surface area (Å²) in [6.07, 6.45) is -9.57. The zero-order chi connectivity index (χ0) is 18.1. The summed E-state index contributed by atoms with van der Waals surface area (Å²) >= 11 is 0. The van der Waals surface area contributed by atoms with E-state index in [0.717, 1.165) is 30.3 Å². The van der Waals surface area contributed by atoms with Crippen LogP contribution in [-0.2, 0) is 6.54 Å². The van der Waals surface area contributed by atoms with Gasteiger partial charge in [0.05, 0.1) is 5.69 Å². The highest BCUT2D eigenvalue weighted by molar-refractivity contribution is 5.87. The number of benzene rings is 1. The summed E-state index contributed by atoms with van der Waals surface area (Å²) in [5.41, 5.74) is -0.693. The Labute approximate surface area is 130 Å². The number of carboxylic acids is 1. The third-order valence-electron chi connectivity index (χ3n) is 2.71. The zero-order valence-corrected chi connectivity index (χ0v) is 11.5. The second-order valence-electron chi connectivity index (χ2n) is 4.56. The normalized spacial score (nSPS) is 12.2. The number of rotatable bonds is 4. The van der Waals surface area contributed by atoms with Gasteiger partial charge in [-0.3, -0.25) is 0 Å². The quantitative estimate of drug-likeness (QED) is 0.851. The van der Waals surface area contributed by atoms with Gasteiger partial charge >= 0.3 is 18.5 Å². The van der Waals surface area contributed by atoms with Crippen LogP contribution >= 0.6 is 0 Å². The van der Waals surface area contributed by atoms with Crippen molar-refractivity contribution in [1.29, 1.82) is 0 Å². The molecule has 0 aliphatic carbocycles. The molecule has 0 bridgehead atoms. The van der Waals surface area contributed by atoms with Crippen molar-refractivity contribution in [2.24, 2.45) is 0 Å². The van der Waals surface area contributed by atoms with E-state index in [1.807, 2.05) is 0 Å². The number of nitrogens with zero attached hydrogens (tertiary/aromatic N) is 2. The Morgan fingerprint density at radius 2 is 1.71 bits per heavy atom. The minimum atomic E-state index is -4.88. The SMILES string of the molecule is O=C(O)c1cc(-c2ccc(OC(F)(F)F)cc2)nn1CC(F)(F)F. The number of alkyl halides is 6. The highest BCUT2D eigenvalue weighted by atomic mass is 19.4. The maximum absolute atomic E-state index is 12.4. The van der Waals surface area contributed by atoms with Crippen LogP contribution in [0.4, 0.5) is 26.3 Å². The molecule has 0 atom stereocenters. The maximum atomic E-state index is 12.4. The minimum absolute atomic E-state index is 0.129. The average molecular weight is 354 g/mol. The molecule has 11 heteroatoms. The number of aromatic nitrogens is 2. The molecule has 130 valence electrons. The van der Waals surface area contributed by atoms with Crippen LogP contribution in [0.25, 0.3) is 11.3 Å². The van der Waals surface area contributed by atoms with Crippen molar-refractivity contribution in [3.05, 3.63) is 36.0 Å². The number of carbonyl (C=O) groups is 1. The summed E-state index contributed by atoms with van der Waals surface area (Å²) in [5.74, 6) is -2.14. The third-order valence-corrected chi connectivity index (χ3v) is 2.71. The fourth-order valence-corrected chi connectivity index (χ4v) is 1.85. The van der Waals surface area contributed by atoms with Gasteiger partial charge in [0.2, 0.25) is 0 Å². The molecule has 0 saturated heterocycles. The molecule has 0 aliphatic heterocycles. The molecule has 1 aromatic carbocycles. The fourth-order valence-electron chi connectivity index (χ4n) is 1.85. The van der Waals surface area contributed by atoms with Crippen molar-refractivity contribution in [3.63, 3.8) is 0 Å². The van der Waals surface area contributed by atoms with Gasteiger partial charge in [0.15, 0.2) is 0 Å². The molecule has 1 aromatic heterocycles. The molecule has 1 N–H and O–H groups in total.